The highest BCUT2D eigenvalue weighted by Crippen LogP contribution is 2.22. The maximum atomic E-state index is 5.78. The molecule has 19 heavy (non-hydrogen) atoms. The number of pyridine rings is 1. The van der Waals surface area contributed by atoms with E-state index < -0.39 is 0 Å². The quantitative estimate of drug-likeness (QED) is 0.903. The minimum absolute atomic E-state index is 0.270. The third kappa shape index (κ3) is 3.67. The van der Waals surface area contributed by atoms with Gasteiger partial charge in [-0.15, -0.1) is 0 Å². The molecule has 4 nitrogen and oxygen atoms in total. The summed E-state index contributed by atoms with van der Waals surface area (Å²) in [5.41, 5.74) is 2.49. The first-order valence-corrected chi connectivity index (χ1v) is 7.16. The largest absolute Gasteiger partial charge is 0.372 e. The van der Waals surface area contributed by atoms with E-state index >= 15 is 0 Å². The van der Waals surface area contributed by atoms with Crippen molar-refractivity contribution in [3.63, 3.8) is 0 Å². The zero-order valence-electron chi connectivity index (χ0n) is 12.4. The predicted octanol–water partition coefficient (Wildman–Crippen LogP) is 2.11. The molecule has 0 bridgehead atoms. The molecule has 1 aromatic heterocycles. The summed E-state index contributed by atoms with van der Waals surface area (Å²) in [4.78, 5) is 6.99. The third-order valence-electron chi connectivity index (χ3n) is 3.41. The first-order valence-electron chi connectivity index (χ1n) is 7.16. The number of aromatic nitrogens is 1. The second-order valence-electron chi connectivity index (χ2n) is 5.43. The smallest absolute Gasteiger partial charge is 0.131 e. The van der Waals surface area contributed by atoms with Crippen LogP contribution in [0.15, 0.2) is 12.3 Å². The Morgan fingerprint density at radius 3 is 2.63 bits per heavy atom. The van der Waals surface area contributed by atoms with Crippen LogP contribution in [0.25, 0.3) is 0 Å². The second kappa shape index (κ2) is 6.35. The molecule has 0 radical (unpaired) electrons. The summed E-state index contributed by atoms with van der Waals surface area (Å²) >= 11 is 0. The van der Waals surface area contributed by atoms with Crippen molar-refractivity contribution in [1.29, 1.82) is 0 Å². The topological polar surface area (TPSA) is 37.4 Å². The lowest BCUT2D eigenvalue weighted by Gasteiger charge is -2.36. The zero-order valence-corrected chi connectivity index (χ0v) is 12.4. The van der Waals surface area contributed by atoms with E-state index in [1.54, 1.807) is 0 Å². The lowest BCUT2D eigenvalue weighted by Crippen LogP contribution is -2.46. The van der Waals surface area contributed by atoms with Crippen LogP contribution in [0.4, 0.5) is 5.82 Å². The summed E-state index contributed by atoms with van der Waals surface area (Å²) in [6.07, 6.45) is 2.52. The number of aryl methyl sites for hydroxylation is 1. The van der Waals surface area contributed by atoms with Crippen molar-refractivity contribution >= 4 is 5.82 Å². The maximum absolute atomic E-state index is 5.78. The maximum Gasteiger partial charge on any atom is 0.131 e. The Hall–Kier alpha value is -1.13. The average molecular weight is 263 g/mol. The molecule has 2 unspecified atom stereocenters. The molecule has 0 saturated carbocycles. The van der Waals surface area contributed by atoms with Gasteiger partial charge >= 0.3 is 0 Å². The van der Waals surface area contributed by atoms with Gasteiger partial charge < -0.3 is 15.0 Å². The molecule has 2 rings (SSSR count). The van der Waals surface area contributed by atoms with Crippen molar-refractivity contribution in [3.8, 4) is 0 Å². The normalized spacial score (nSPS) is 23.7. The SMILES string of the molecule is CCNCc1cnc(N2CC(C)OC(C)C2)c(C)c1. The fourth-order valence-corrected chi connectivity index (χ4v) is 2.67. The fraction of sp³-hybridized carbons (Fsp3) is 0.667. The molecule has 0 aliphatic carbocycles. The van der Waals surface area contributed by atoms with Crippen LogP contribution >= 0.6 is 0 Å². The first-order chi connectivity index (χ1) is 9.10. The van der Waals surface area contributed by atoms with E-state index in [0.717, 1.165) is 32.0 Å². The van der Waals surface area contributed by atoms with Gasteiger partial charge in [0.1, 0.15) is 5.82 Å². The fourth-order valence-electron chi connectivity index (χ4n) is 2.67. The van der Waals surface area contributed by atoms with Crippen LogP contribution in [0, 0.1) is 6.92 Å². The molecule has 0 aromatic carbocycles. The molecule has 106 valence electrons. The molecular formula is C15H25N3O. The van der Waals surface area contributed by atoms with E-state index in [1.807, 2.05) is 6.20 Å². The van der Waals surface area contributed by atoms with Crippen molar-refractivity contribution in [2.75, 3.05) is 24.5 Å². The number of hydrogen-bond donors (Lipinski definition) is 1. The number of ether oxygens (including phenoxy) is 1. The van der Waals surface area contributed by atoms with Gasteiger partial charge in [-0.1, -0.05) is 6.92 Å². The summed E-state index contributed by atoms with van der Waals surface area (Å²) in [5, 5.41) is 3.33. The summed E-state index contributed by atoms with van der Waals surface area (Å²) < 4.78 is 5.78. The van der Waals surface area contributed by atoms with Crippen LogP contribution in [0.3, 0.4) is 0 Å². The summed E-state index contributed by atoms with van der Waals surface area (Å²) in [7, 11) is 0. The van der Waals surface area contributed by atoms with Crippen molar-refractivity contribution < 1.29 is 4.74 Å². The van der Waals surface area contributed by atoms with E-state index in [-0.39, 0.29) is 12.2 Å². The van der Waals surface area contributed by atoms with E-state index in [9.17, 15) is 0 Å². The molecule has 1 fully saturated rings. The van der Waals surface area contributed by atoms with Crippen LogP contribution in [-0.4, -0.2) is 36.8 Å². The Morgan fingerprint density at radius 1 is 1.37 bits per heavy atom. The van der Waals surface area contributed by atoms with Crippen molar-refractivity contribution in [2.45, 2.75) is 46.4 Å². The van der Waals surface area contributed by atoms with Gasteiger partial charge in [-0.2, -0.15) is 0 Å². The van der Waals surface area contributed by atoms with Gasteiger partial charge in [0.25, 0.3) is 0 Å². The number of morpholine rings is 1. The number of rotatable bonds is 4. The average Bonchev–Trinajstić information content (AvgIpc) is 2.35. The van der Waals surface area contributed by atoms with Crippen LogP contribution in [-0.2, 0) is 11.3 Å². The lowest BCUT2D eigenvalue weighted by atomic mass is 10.1. The van der Waals surface area contributed by atoms with E-state index in [1.165, 1.54) is 11.1 Å². The molecule has 2 heterocycles. The highest BCUT2D eigenvalue weighted by atomic mass is 16.5. The second-order valence-corrected chi connectivity index (χ2v) is 5.43. The zero-order chi connectivity index (χ0) is 13.8. The highest BCUT2D eigenvalue weighted by Gasteiger charge is 2.24. The van der Waals surface area contributed by atoms with Gasteiger partial charge in [-0.3, -0.25) is 0 Å². The van der Waals surface area contributed by atoms with Gasteiger partial charge in [-0.25, -0.2) is 4.98 Å². The minimum Gasteiger partial charge on any atom is -0.372 e. The first kappa shape index (κ1) is 14.3. The molecule has 0 amide bonds. The van der Waals surface area contributed by atoms with E-state index in [2.05, 4.69) is 49.0 Å². The van der Waals surface area contributed by atoms with Gasteiger partial charge in [0, 0.05) is 25.8 Å². The van der Waals surface area contributed by atoms with Crippen molar-refractivity contribution in [2.24, 2.45) is 0 Å². The van der Waals surface area contributed by atoms with E-state index in [4.69, 9.17) is 4.74 Å². The number of nitrogens with one attached hydrogen (secondary N) is 1. The molecule has 2 atom stereocenters. The Bertz CT molecular complexity index is 412. The monoisotopic (exact) mass is 263 g/mol. The summed E-state index contributed by atoms with van der Waals surface area (Å²) in [5.74, 6) is 1.10. The van der Waals surface area contributed by atoms with Crippen LogP contribution in [0.1, 0.15) is 31.9 Å². The number of anilines is 1. The molecule has 1 aliphatic rings. The van der Waals surface area contributed by atoms with Gasteiger partial charge in [0.2, 0.25) is 0 Å². The Kier molecular flexibility index (Phi) is 4.77. The highest BCUT2D eigenvalue weighted by molar-refractivity contribution is 5.48. The predicted molar refractivity (Wildman–Crippen MR) is 78.6 cm³/mol. The van der Waals surface area contributed by atoms with Crippen LogP contribution in [0.5, 0.6) is 0 Å². The summed E-state index contributed by atoms with van der Waals surface area (Å²) in [6.45, 7) is 12.2. The molecule has 1 aromatic rings. The van der Waals surface area contributed by atoms with Crippen LogP contribution in [0.2, 0.25) is 0 Å². The number of hydrogen-bond acceptors (Lipinski definition) is 4. The molecule has 1 aliphatic heterocycles. The molecule has 0 spiro atoms. The van der Waals surface area contributed by atoms with Gasteiger partial charge in [0.05, 0.1) is 12.2 Å². The Morgan fingerprint density at radius 2 is 2.05 bits per heavy atom. The Balaban J connectivity index is 2.11. The van der Waals surface area contributed by atoms with Gasteiger partial charge in [0.15, 0.2) is 0 Å². The van der Waals surface area contributed by atoms with Crippen molar-refractivity contribution in [1.82, 2.24) is 10.3 Å². The minimum atomic E-state index is 0.270. The van der Waals surface area contributed by atoms with Crippen molar-refractivity contribution in [3.05, 3.63) is 23.4 Å². The van der Waals surface area contributed by atoms with Gasteiger partial charge in [-0.05, 0) is 44.5 Å². The Labute approximate surface area is 116 Å². The van der Waals surface area contributed by atoms with E-state index in [0.29, 0.717) is 0 Å². The molecule has 4 heteroatoms. The standard InChI is InChI=1S/C15H25N3O/c1-5-16-7-14-6-11(2)15(17-8-14)18-9-12(3)19-13(4)10-18/h6,8,12-13,16H,5,7,9-10H2,1-4H3. The number of nitrogens with zero attached hydrogens (tertiary/aromatic N) is 2. The van der Waals surface area contributed by atoms with Crippen LogP contribution < -0.4 is 10.2 Å². The third-order valence-corrected chi connectivity index (χ3v) is 3.41. The molecule has 1 N–H and O–H groups in total. The summed E-state index contributed by atoms with van der Waals surface area (Å²) in [6, 6.07) is 2.23. The molecule has 1 saturated heterocycles. The lowest BCUT2D eigenvalue weighted by molar-refractivity contribution is -0.00549. The molecular weight excluding hydrogens is 238 g/mol.